The van der Waals surface area contributed by atoms with Crippen LogP contribution >= 0.6 is 0 Å². The molecule has 0 aliphatic carbocycles. The van der Waals surface area contributed by atoms with Gasteiger partial charge in [0.15, 0.2) is 0 Å². The highest BCUT2D eigenvalue weighted by Crippen LogP contribution is 2.26. The van der Waals surface area contributed by atoms with Gasteiger partial charge in [-0.25, -0.2) is 8.42 Å². The van der Waals surface area contributed by atoms with Gasteiger partial charge in [0.25, 0.3) is 0 Å². The van der Waals surface area contributed by atoms with Crippen LogP contribution in [0, 0.1) is 20.8 Å². The quantitative estimate of drug-likeness (QED) is 0.714. The number of nitrogens with zero attached hydrogens (tertiary/aromatic N) is 2. The number of sulfonamides is 1. The minimum atomic E-state index is -3.86. The summed E-state index contributed by atoms with van der Waals surface area (Å²) in [6.45, 7) is 10.3. The van der Waals surface area contributed by atoms with Crippen LogP contribution in [-0.2, 0) is 27.8 Å². The van der Waals surface area contributed by atoms with Crippen LogP contribution in [0.25, 0.3) is 0 Å². The normalized spacial score (nSPS) is 14.8. The largest absolute Gasteiger partial charge is 0.339 e. The Balaban J connectivity index is 1.96. The van der Waals surface area contributed by atoms with Crippen molar-refractivity contribution in [1.82, 2.24) is 14.5 Å². The van der Waals surface area contributed by atoms with E-state index in [-0.39, 0.29) is 19.0 Å². The van der Waals surface area contributed by atoms with Gasteiger partial charge in [-0.05, 0) is 49.4 Å². The SMILES string of the molecule is CCc1ccc(CN(CC(=O)N2CCNCC2)S(=O)(=O)c2c(C)cc(C)cc2C)cc1. The highest BCUT2D eigenvalue weighted by Gasteiger charge is 2.31. The predicted octanol–water partition coefficient (Wildman–Crippen LogP) is 2.80. The molecule has 0 atom stereocenters. The van der Waals surface area contributed by atoms with Gasteiger partial charge in [0.2, 0.25) is 15.9 Å². The summed E-state index contributed by atoms with van der Waals surface area (Å²) in [4.78, 5) is 15.0. The van der Waals surface area contributed by atoms with E-state index in [1.165, 1.54) is 9.87 Å². The number of carbonyl (C=O) groups excluding carboxylic acids is 1. The molecule has 0 bridgehead atoms. The van der Waals surface area contributed by atoms with Crippen molar-refractivity contribution in [3.8, 4) is 0 Å². The molecule has 1 aliphatic heterocycles. The van der Waals surface area contributed by atoms with Crippen LogP contribution in [0.1, 0.15) is 34.7 Å². The maximum absolute atomic E-state index is 13.8. The van der Waals surface area contributed by atoms with Gasteiger partial charge in [-0.2, -0.15) is 4.31 Å². The summed E-state index contributed by atoms with van der Waals surface area (Å²) in [6, 6.07) is 11.7. The van der Waals surface area contributed by atoms with Crippen LogP contribution in [0.15, 0.2) is 41.3 Å². The summed E-state index contributed by atoms with van der Waals surface area (Å²) in [5.41, 5.74) is 4.50. The molecule has 1 saturated heterocycles. The average molecular weight is 444 g/mol. The van der Waals surface area contributed by atoms with E-state index in [4.69, 9.17) is 0 Å². The summed E-state index contributed by atoms with van der Waals surface area (Å²) < 4.78 is 28.9. The Hall–Kier alpha value is -2.22. The zero-order valence-electron chi connectivity index (χ0n) is 18.9. The van der Waals surface area contributed by atoms with Crippen molar-refractivity contribution < 1.29 is 13.2 Å². The molecule has 1 N–H and O–H groups in total. The van der Waals surface area contributed by atoms with Crippen molar-refractivity contribution in [2.45, 2.75) is 45.6 Å². The third-order valence-electron chi connectivity index (χ3n) is 5.77. The van der Waals surface area contributed by atoms with Gasteiger partial charge >= 0.3 is 0 Å². The summed E-state index contributed by atoms with van der Waals surface area (Å²) in [5, 5.41) is 3.22. The first-order chi connectivity index (χ1) is 14.7. The number of carbonyl (C=O) groups is 1. The third-order valence-corrected chi connectivity index (χ3v) is 7.87. The fourth-order valence-electron chi connectivity index (χ4n) is 4.18. The van der Waals surface area contributed by atoms with Crippen molar-refractivity contribution in [1.29, 1.82) is 0 Å². The van der Waals surface area contributed by atoms with Gasteiger partial charge in [-0.1, -0.05) is 48.9 Å². The number of nitrogens with one attached hydrogen (secondary N) is 1. The lowest BCUT2D eigenvalue weighted by atomic mass is 10.1. The molecule has 7 heteroatoms. The second-order valence-electron chi connectivity index (χ2n) is 8.30. The third kappa shape index (κ3) is 5.53. The van der Waals surface area contributed by atoms with E-state index in [0.717, 1.165) is 30.6 Å². The number of aryl methyl sites for hydroxylation is 4. The number of rotatable bonds is 7. The van der Waals surface area contributed by atoms with Crippen LogP contribution in [0.4, 0.5) is 0 Å². The van der Waals surface area contributed by atoms with E-state index in [1.54, 1.807) is 4.90 Å². The minimum absolute atomic E-state index is 0.155. The minimum Gasteiger partial charge on any atom is -0.339 e. The second-order valence-corrected chi connectivity index (χ2v) is 10.2. The molecule has 0 spiro atoms. The zero-order chi connectivity index (χ0) is 22.6. The Morgan fingerprint density at radius 2 is 1.55 bits per heavy atom. The molecule has 3 rings (SSSR count). The van der Waals surface area contributed by atoms with Crippen LogP contribution in [0.3, 0.4) is 0 Å². The Kier molecular flexibility index (Phi) is 7.51. The highest BCUT2D eigenvalue weighted by molar-refractivity contribution is 7.89. The Bertz CT molecular complexity index is 1000. The molecule has 6 nitrogen and oxygen atoms in total. The Labute approximate surface area is 186 Å². The molecular weight excluding hydrogens is 410 g/mol. The maximum atomic E-state index is 13.8. The van der Waals surface area contributed by atoms with Crippen LogP contribution in [0.2, 0.25) is 0 Å². The molecule has 0 saturated carbocycles. The molecule has 2 aromatic rings. The molecule has 168 valence electrons. The van der Waals surface area contributed by atoms with Crippen LogP contribution in [-0.4, -0.2) is 56.3 Å². The van der Waals surface area contributed by atoms with E-state index in [0.29, 0.717) is 29.1 Å². The smallest absolute Gasteiger partial charge is 0.244 e. The van der Waals surface area contributed by atoms with Gasteiger partial charge < -0.3 is 10.2 Å². The van der Waals surface area contributed by atoms with Crippen LogP contribution in [0.5, 0.6) is 0 Å². The van der Waals surface area contributed by atoms with E-state index in [9.17, 15) is 13.2 Å². The van der Waals surface area contributed by atoms with Crippen LogP contribution < -0.4 is 5.32 Å². The molecule has 0 unspecified atom stereocenters. The fraction of sp³-hybridized carbons (Fsp3) is 0.458. The molecule has 1 heterocycles. The Morgan fingerprint density at radius 3 is 2.10 bits per heavy atom. The zero-order valence-corrected chi connectivity index (χ0v) is 19.8. The number of benzene rings is 2. The molecule has 1 aliphatic rings. The number of hydrogen-bond donors (Lipinski definition) is 1. The van der Waals surface area contributed by atoms with Gasteiger partial charge in [0.05, 0.1) is 11.4 Å². The highest BCUT2D eigenvalue weighted by atomic mass is 32.2. The number of amides is 1. The fourth-order valence-corrected chi connectivity index (χ4v) is 5.97. The monoisotopic (exact) mass is 443 g/mol. The lowest BCUT2D eigenvalue weighted by molar-refractivity contribution is -0.132. The van der Waals surface area contributed by atoms with Gasteiger partial charge in [-0.3, -0.25) is 4.79 Å². The molecule has 1 fully saturated rings. The molecular formula is C24H33N3O3S. The predicted molar refractivity (Wildman–Crippen MR) is 124 cm³/mol. The van der Waals surface area contributed by atoms with E-state index in [2.05, 4.69) is 12.2 Å². The van der Waals surface area contributed by atoms with E-state index >= 15 is 0 Å². The van der Waals surface area contributed by atoms with Crippen molar-refractivity contribution in [2.75, 3.05) is 32.7 Å². The number of hydrogen-bond acceptors (Lipinski definition) is 4. The lowest BCUT2D eigenvalue weighted by Gasteiger charge is -2.30. The van der Waals surface area contributed by atoms with Crippen molar-refractivity contribution in [2.24, 2.45) is 0 Å². The lowest BCUT2D eigenvalue weighted by Crippen LogP contribution is -2.50. The van der Waals surface area contributed by atoms with Gasteiger partial charge in [-0.15, -0.1) is 0 Å². The second kappa shape index (κ2) is 9.94. The van der Waals surface area contributed by atoms with Gasteiger partial charge in [0.1, 0.15) is 0 Å². The summed E-state index contributed by atoms with van der Waals surface area (Å²) in [6.07, 6.45) is 0.922. The van der Waals surface area contributed by atoms with Crippen molar-refractivity contribution >= 4 is 15.9 Å². The molecule has 0 aromatic heterocycles. The average Bonchev–Trinajstić information content (AvgIpc) is 2.73. The molecule has 0 radical (unpaired) electrons. The summed E-state index contributed by atoms with van der Waals surface area (Å²) in [7, 11) is -3.86. The van der Waals surface area contributed by atoms with Crippen molar-refractivity contribution in [3.05, 3.63) is 64.2 Å². The standard InChI is InChI=1S/C24H33N3O3S/c1-5-21-6-8-22(9-7-21)16-27(17-23(28)26-12-10-25-11-13-26)31(29,30)24-19(3)14-18(2)15-20(24)4/h6-9,14-15,25H,5,10-13,16-17H2,1-4H3. The number of piperazine rings is 1. The van der Waals surface area contributed by atoms with E-state index in [1.807, 2.05) is 57.2 Å². The summed E-state index contributed by atoms with van der Waals surface area (Å²) in [5.74, 6) is -0.155. The van der Waals surface area contributed by atoms with Gasteiger partial charge in [0, 0.05) is 32.7 Å². The van der Waals surface area contributed by atoms with E-state index < -0.39 is 10.0 Å². The first-order valence-electron chi connectivity index (χ1n) is 10.9. The first kappa shape index (κ1) is 23.4. The summed E-state index contributed by atoms with van der Waals surface area (Å²) >= 11 is 0. The maximum Gasteiger partial charge on any atom is 0.244 e. The molecule has 31 heavy (non-hydrogen) atoms. The Morgan fingerprint density at radius 1 is 1.00 bits per heavy atom. The first-order valence-corrected chi connectivity index (χ1v) is 12.3. The molecule has 1 amide bonds. The molecule has 2 aromatic carbocycles. The van der Waals surface area contributed by atoms with Crippen molar-refractivity contribution in [3.63, 3.8) is 0 Å². The topological polar surface area (TPSA) is 69.7 Å².